The van der Waals surface area contributed by atoms with Gasteiger partial charge in [0.05, 0.1) is 12.3 Å². The van der Waals surface area contributed by atoms with E-state index in [2.05, 4.69) is 5.32 Å². The standard InChI is InChI=1S/C16H16FNO2S/c1-12(19)18-15-4-2-3-5-16(15)20-10-11-21-14-8-6-13(17)7-9-14/h2-9H,10-11H2,1H3,(H,18,19). The molecule has 0 unspecified atom stereocenters. The molecule has 1 N–H and O–H groups in total. The Kier molecular flexibility index (Phi) is 5.63. The van der Waals surface area contributed by atoms with E-state index in [1.54, 1.807) is 30.0 Å². The van der Waals surface area contributed by atoms with Gasteiger partial charge in [0, 0.05) is 17.6 Å². The summed E-state index contributed by atoms with van der Waals surface area (Å²) in [5.41, 5.74) is 0.664. The summed E-state index contributed by atoms with van der Waals surface area (Å²) < 4.78 is 18.5. The van der Waals surface area contributed by atoms with Gasteiger partial charge in [-0.25, -0.2) is 4.39 Å². The summed E-state index contributed by atoms with van der Waals surface area (Å²) in [5, 5.41) is 2.73. The van der Waals surface area contributed by atoms with Crippen LogP contribution in [-0.2, 0) is 4.79 Å². The number of carbonyl (C=O) groups is 1. The van der Waals surface area contributed by atoms with Crippen molar-refractivity contribution in [2.45, 2.75) is 11.8 Å². The average molecular weight is 305 g/mol. The molecule has 0 saturated carbocycles. The second kappa shape index (κ2) is 7.69. The van der Waals surface area contributed by atoms with Crippen molar-refractivity contribution in [3.05, 3.63) is 54.3 Å². The Hall–Kier alpha value is -2.01. The Morgan fingerprint density at radius 2 is 1.90 bits per heavy atom. The van der Waals surface area contributed by atoms with Crippen LogP contribution in [0.1, 0.15) is 6.92 Å². The Labute approximate surface area is 127 Å². The molecule has 5 heteroatoms. The second-order valence-electron chi connectivity index (χ2n) is 4.33. The van der Waals surface area contributed by atoms with Gasteiger partial charge in [-0.05, 0) is 36.4 Å². The average Bonchev–Trinajstić information content (AvgIpc) is 2.46. The van der Waals surface area contributed by atoms with E-state index < -0.39 is 0 Å². The van der Waals surface area contributed by atoms with Gasteiger partial charge in [-0.3, -0.25) is 4.79 Å². The maximum Gasteiger partial charge on any atom is 0.221 e. The lowest BCUT2D eigenvalue weighted by molar-refractivity contribution is -0.114. The van der Waals surface area contributed by atoms with Crippen LogP contribution in [0.4, 0.5) is 10.1 Å². The van der Waals surface area contributed by atoms with E-state index in [4.69, 9.17) is 4.74 Å². The topological polar surface area (TPSA) is 38.3 Å². The van der Waals surface area contributed by atoms with Gasteiger partial charge in [-0.2, -0.15) is 0 Å². The predicted molar refractivity (Wildman–Crippen MR) is 83.4 cm³/mol. The molecule has 0 aliphatic rings. The monoisotopic (exact) mass is 305 g/mol. The molecule has 110 valence electrons. The van der Waals surface area contributed by atoms with Crippen LogP contribution in [0.25, 0.3) is 0 Å². The molecule has 2 aromatic carbocycles. The molecule has 0 aliphatic heterocycles. The number of benzene rings is 2. The van der Waals surface area contributed by atoms with Crippen molar-refractivity contribution in [1.29, 1.82) is 0 Å². The molecule has 0 radical (unpaired) electrons. The lowest BCUT2D eigenvalue weighted by Gasteiger charge is -2.11. The van der Waals surface area contributed by atoms with E-state index in [0.29, 0.717) is 18.0 Å². The number of halogens is 1. The van der Waals surface area contributed by atoms with E-state index in [-0.39, 0.29) is 11.7 Å². The number of hydrogen-bond donors (Lipinski definition) is 1. The van der Waals surface area contributed by atoms with Gasteiger partial charge in [0.2, 0.25) is 5.91 Å². The first-order valence-electron chi connectivity index (χ1n) is 6.53. The molecule has 0 spiro atoms. The first kappa shape index (κ1) is 15.4. The summed E-state index contributed by atoms with van der Waals surface area (Å²) >= 11 is 1.59. The minimum absolute atomic E-state index is 0.133. The minimum Gasteiger partial charge on any atom is -0.491 e. The fraction of sp³-hybridized carbons (Fsp3) is 0.188. The third-order valence-electron chi connectivity index (χ3n) is 2.62. The number of ether oxygens (including phenoxy) is 1. The van der Waals surface area contributed by atoms with Crippen LogP contribution in [0, 0.1) is 5.82 Å². The van der Waals surface area contributed by atoms with E-state index in [1.807, 2.05) is 18.2 Å². The summed E-state index contributed by atoms with van der Waals surface area (Å²) in [5.74, 6) is 1.01. The minimum atomic E-state index is -0.236. The van der Waals surface area contributed by atoms with Crippen LogP contribution >= 0.6 is 11.8 Å². The zero-order valence-corrected chi connectivity index (χ0v) is 12.5. The molecular formula is C16H16FNO2S. The molecule has 2 aromatic rings. The summed E-state index contributed by atoms with van der Waals surface area (Å²) in [6, 6.07) is 13.7. The summed E-state index contributed by atoms with van der Waals surface area (Å²) in [6.07, 6.45) is 0. The molecule has 1 amide bonds. The van der Waals surface area contributed by atoms with Gasteiger partial charge < -0.3 is 10.1 Å². The largest absolute Gasteiger partial charge is 0.491 e. The zero-order chi connectivity index (χ0) is 15.1. The number of thioether (sulfide) groups is 1. The van der Waals surface area contributed by atoms with Gasteiger partial charge in [0.25, 0.3) is 0 Å². The highest BCUT2D eigenvalue weighted by atomic mass is 32.2. The molecular weight excluding hydrogens is 289 g/mol. The summed E-state index contributed by atoms with van der Waals surface area (Å²) in [4.78, 5) is 12.1. The molecule has 0 aliphatic carbocycles. The molecule has 0 bridgehead atoms. The molecule has 2 rings (SSSR count). The first-order valence-corrected chi connectivity index (χ1v) is 7.51. The lowest BCUT2D eigenvalue weighted by Crippen LogP contribution is -2.08. The Bertz CT molecular complexity index is 601. The van der Waals surface area contributed by atoms with Crippen molar-refractivity contribution < 1.29 is 13.9 Å². The van der Waals surface area contributed by atoms with Crippen LogP contribution in [0.3, 0.4) is 0 Å². The van der Waals surface area contributed by atoms with E-state index in [9.17, 15) is 9.18 Å². The molecule has 3 nitrogen and oxygen atoms in total. The SMILES string of the molecule is CC(=O)Nc1ccccc1OCCSc1ccc(F)cc1. The van der Waals surface area contributed by atoms with Crippen molar-refractivity contribution in [3.63, 3.8) is 0 Å². The van der Waals surface area contributed by atoms with Crippen LogP contribution < -0.4 is 10.1 Å². The van der Waals surface area contributed by atoms with Crippen molar-refractivity contribution in [3.8, 4) is 5.75 Å². The lowest BCUT2D eigenvalue weighted by atomic mass is 10.3. The number of para-hydroxylation sites is 2. The highest BCUT2D eigenvalue weighted by molar-refractivity contribution is 7.99. The number of rotatable bonds is 6. The Morgan fingerprint density at radius 3 is 2.62 bits per heavy atom. The summed E-state index contributed by atoms with van der Waals surface area (Å²) in [7, 11) is 0. The molecule has 0 atom stereocenters. The number of hydrogen-bond acceptors (Lipinski definition) is 3. The van der Waals surface area contributed by atoms with Crippen molar-refractivity contribution >= 4 is 23.4 Å². The maximum atomic E-state index is 12.8. The highest BCUT2D eigenvalue weighted by Gasteiger charge is 2.04. The van der Waals surface area contributed by atoms with E-state index >= 15 is 0 Å². The van der Waals surface area contributed by atoms with Crippen LogP contribution in [-0.4, -0.2) is 18.3 Å². The highest BCUT2D eigenvalue weighted by Crippen LogP contribution is 2.24. The second-order valence-corrected chi connectivity index (χ2v) is 5.50. The zero-order valence-electron chi connectivity index (χ0n) is 11.6. The fourth-order valence-corrected chi connectivity index (χ4v) is 2.46. The normalized spacial score (nSPS) is 10.2. The van der Waals surface area contributed by atoms with Gasteiger partial charge in [0.15, 0.2) is 0 Å². The van der Waals surface area contributed by atoms with Crippen molar-refractivity contribution in [2.24, 2.45) is 0 Å². The molecule has 21 heavy (non-hydrogen) atoms. The smallest absolute Gasteiger partial charge is 0.221 e. The van der Waals surface area contributed by atoms with Gasteiger partial charge in [0.1, 0.15) is 11.6 Å². The third-order valence-corrected chi connectivity index (χ3v) is 3.60. The Balaban J connectivity index is 1.83. The van der Waals surface area contributed by atoms with Crippen LogP contribution in [0.5, 0.6) is 5.75 Å². The van der Waals surface area contributed by atoms with Crippen LogP contribution in [0.2, 0.25) is 0 Å². The fourth-order valence-electron chi connectivity index (χ4n) is 1.73. The van der Waals surface area contributed by atoms with Crippen LogP contribution in [0.15, 0.2) is 53.4 Å². The van der Waals surface area contributed by atoms with Gasteiger partial charge >= 0.3 is 0 Å². The summed E-state index contributed by atoms with van der Waals surface area (Å²) in [6.45, 7) is 1.96. The maximum absolute atomic E-state index is 12.8. The van der Waals surface area contributed by atoms with E-state index in [1.165, 1.54) is 19.1 Å². The predicted octanol–water partition coefficient (Wildman–Crippen LogP) is 3.96. The van der Waals surface area contributed by atoms with Gasteiger partial charge in [-0.15, -0.1) is 11.8 Å². The number of anilines is 1. The van der Waals surface area contributed by atoms with Crippen molar-refractivity contribution in [2.75, 3.05) is 17.7 Å². The number of carbonyl (C=O) groups excluding carboxylic acids is 1. The van der Waals surface area contributed by atoms with E-state index in [0.717, 1.165) is 10.6 Å². The van der Waals surface area contributed by atoms with Gasteiger partial charge in [-0.1, -0.05) is 12.1 Å². The molecule has 0 saturated heterocycles. The first-order chi connectivity index (χ1) is 10.1. The Morgan fingerprint density at radius 1 is 1.19 bits per heavy atom. The molecule has 0 heterocycles. The molecule has 0 aromatic heterocycles. The number of nitrogens with one attached hydrogen (secondary N) is 1. The third kappa shape index (κ3) is 5.11. The quantitative estimate of drug-likeness (QED) is 0.648. The molecule has 0 fully saturated rings. The van der Waals surface area contributed by atoms with Crippen molar-refractivity contribution in [1.82, 2.24) is 0 Å². The number of amides is 1.